The molecule has 0 aliphatic heterocycles. The van der Waals surface area contributed by atoms with Crippen molar-refractivity contribution >= 4 is 11.9 Å². The zero-order valence-electron chi connectivity index (χ0n) is 9.80. The van der Waals surface area contributed by atoms with Crippen molar-refractivity contribution in [2.24, 2.45) is 5.92 Å². The highest BCUT2D eigenvalue weighted by Gasteiger charge is 2.30. The Kier molecular flexibility index (Phi) is 3.50. The Labute approximate surface area is 104 Å². The zero-order valence-corrected chi connectivity index (χ0v) is 9.80. The lowest BCUT2D eigenvalue weighted by atomic mass is 10.1. The van der Waals surface area contributed by atoms with Crippen LogP contribution < -0.4 is 5.32 Å². The number of hydrogen-bond donors (Lipinski definition) is 3. The van der Waals surface area contributed by atoms with Gasteiger partial charge in [-0.3, -0.25) is 9.59 Å². The molecule has 0 spiro atoms. The molecule has 0 saturated heterocycles. The molecule has 3 N–H and O–H groups in total. The molecule has 2 atom stereocenters. The lowest BCUT2D eigenvalue weighted by Crippen LogP contribution is -2.33. The number of carbonyl (C=O) groups is 2. The van der Waals surface area contributed by atoms with Crippen LogP contribution in [0.2, 0.25) is 0 Å². The Morgan fingerprint density at radius 3 is 2.39 bits per heavy atom. The van der Waals surface area contributed by atoms with Crippen molar-refractivity contribution in [2.45, 2.75) is 25.3 Å². The molecule has 2 rings (SSSR count). The second-order valence-corrected chi connectivity index (χ2v) is 4.57. The van der Waals surface area contributed by atoms with Crippen LogP contribution in [0.5, 0.6) is 5.75 Å². The van der Waals surface area contributed by atoms with E-state index in [2.05, 4.69) is 5.32 Å². The minimum absolute atomic E-state index is 0.0765. The van der Waals surface area contributed by atoms with Gasteiger partial charge in [-0.05, 0) is 43.5 Å². The SMILES string of the molecule is O=C(N[C@H]1CC[C@@H](C(=O)O)C1)c1ccc(O)cc1. The van der Waals surface area contributed by atoms with Crippen molar-refractivity contribution < 1.29 is 19.8 Å². The Balaban J connectivity index is 1.92. The Morgan fingerprint density at radius 1 is 1.17 bits per heavy atom. The molecule has 1 aromatic carbocycles. The van der Waals surface area contributed by atoms with Crippen molar-refractivity contribution in [1.29, 1.82) is 0 Å². The van der Waals surface area contributed by atoms with Gasteiger partial charge in [-0.1, -0.05) is 0 Å². The number of phenols is 1. The molecule has 1 aliphatic carbocycles. The average Bonchev–Trinajstić information content (AvgIpc) is 2.78. The summed E-state index contributed by atoms with van der Waals surface area (Å²) in [6, 6.07) is 5.89. The van der Waals surface area contributed by atoms with E-state index < -0.39 is 5.97 Å². The van der Waals surface area contributed by atoms with E-state index in [1.165, 1.54) is 24.3 Å². The predicted octanol–water partition coefficient (Wildman–Crippen LogP) is 1.38. The molecule has 5 heteroatoms. The van der Waals surface area contributed by atoms with E-state index in [1.54, 1.807) is 0 Å². The zero-order chi connectivity index (χ0) is 13.1. The summed E-state index contributed by atoms with van der Waals surface area (Å²) in [5.41, 5.74) is 0.464. The maximum atomic E-state index is 11.8. The summed E-state index contributed by atoms with van der Waals surface area (Å²) in [7, 11) is 0. The van der Waals surface area contributed by atoms with Gasteiger partial charge in [0.15, 0.2) is 0 Å². The summed E-state index contributed by atoms with van der Waals surface area (Å²) in [5.74, 6) is -1.27. The summed E-state index contributed by atoms with van der Waals surface area (Å²) in [4.78, 5) is 22.6. The number of nitrogens with one attached hydrogen (secondary N) is 1. The summed E-state index contributed by atoms with van der Waals surface area (Å²) in [6.07, 6.45) is 1.79. The van der Waals surface area contributed by atoms with Crippen LogP contribution in [-0.4, -0.2) is 28.1 Å². The third-order valence-electron chi connectivity index (χ3n) is 3.25. The van der Waals surface area contributed by atoms with Gasteiger partial charge in [-0.15, -0.1) is 0 Å². The third kappa shape index (κ3) is 2.80. The van der Waals surface area contributed by atoms with Gasteiger partial charge in [-0.2, -0.15) is 0 Å². The monoisotopic (exact) mass is 249 g/mol. The summed E-state index contributed by atoms with van der Waals surface area (Å²) in [6.45, 7) is 0. The maximum Gasteiger partial charge on any atom is 0.306 e. The third-order valence-corrected chi connectivity index (χ3v) is 3.25. The van der Waals surface area contributed by atoms with E-state index in [9.17, 15) is 9.59 Å². The molecule has 0 bridgehead atoms. The summed E-state index contributed by atoms with van der Waals surface area (Å²) >= 11 is 0. The van der Waals surface area contributed by atoms with Gasteiger partial charge in [0.1, 0.15) is 5.75 Å². The van der Waals surface area contributed by atoms with Crippen molar-refractivity contribution in [3.63, 3.8) is 0 Å². The first-order chi connectivity index (χ1) is 8.56. The number of aliphatic carboxylic acids is 1. The molecule has 1 aliphatic rings. The van der Waals surface area contributed by atoms with Crippen LogP contribution in [0.25, 0.3) is 0 Å². The fourth-order valence-corrected chi connectivity index (χ4v) is 2.22. The van der Waals surface area contributed by atoms with Crippen LogP contribution in [0.4, 0.5) is 0 Å². The molecule has 0 unspecified atom stereocenters. The van der Waals surface area contributed by atoms with Gasteiger partial charge < -0.3 is 15.5 Å². The van der Waals surface area contributed by atoms with Crippen molar-refractivity contribution in [3.8, 4) is 5.75 Å². The number of amides is 1. The minimum Gasteiger partial charge on any atom is -0.508 e. The Hall–Kier alpha value is -2.04. The first-order valence-electron chi connectivity index (χ1n) is 5.89. The van der Waals surface area contributed by atoms with Crippen molar-refractivity contribution in [2.75, 3.05) is 0 Å². The number of carboxylic acids is 1. The highest BCUT2D eigenvalue weighted by atomic mass is 16.4. The van der Waals surface area contributed by atoms with E-state index in [1.807, 2.05) is 0 Å². The molecule has 1 aromatic rings. The van der Waals surface area contributed by atoms with Gasteiger partial charge in [0.05, 0.1) is 5.92 Å². The van der Waals surface area contributed by atoms with Crippen LogP contribution in [0.1, 0.15) is 29.6 Å². The molecule has 5 nitrogen and oxygen atoms in total. The summed E-state index contributed by atoms with van der Waals surface area (Å²) < 4.78 is 0. The number of hydrogen-bond acceptors (Lipinski definition) is 3. The number of aromatic hydroxyl groups is 1. The topological polar surface area (TPSA) is 86.6 Å². The molecule has 1 fully saturated rings. The molecule has 96 valence electrons. The van der Waals surface area contributed by atoms with Crippen LogP contribution in [0, 0.1) is 5.92 Å². The molecular weight excluding hydrogens is 234 g/mol. The smallest absolute Gasteiger partial charge is 0.306 e. The molecule has 0 aromatic heterocycles. The maximum absolute atomic E-state index is 11.8. The van der Waals surface area contributed by atoms with E-state index in [4.69, 9.17) is 10.2 Å². The fourth-order valence-electron chi connectivity index (χ4n) is 2.22. The molecule has 1 amide bonds. The first kappa shape index (κ1) is 12.4. The van der Waals surface area contributed by atoms with Crippen LogP contribution in [0.3, 0.4) is 0 Å². The predicted molar refractivity (Wildman–Crippen MR) is 64.3 cm³/mol. The van der Waals surface area contributed by atoms with Crippen LogP contribution >= 0.6 is 0 Å². The number of rotatable bonds is 3. The molecule has 18 heavy (non-hydrogen) atoms. The van der Waals surface area contributed by atoms with Crippen LogP contribution in [0.15, 0.2) is 24.3 Å². The number of carbonyl (C=O) groups excluding carboxylic acids is 1. The van der Waals surface area contributed by atoms with Crippen molar-refractivity contribution in [3.05, 3.63) is 29.8 Å². The number of phenolic OH excluding ortho intramolecular Hbond substituents is 1. The second kappa shape index (κ2) is 5.08. The number of carboxylic acid groups (broad SMARTS) is 1. The van der Waals surface area contributed by atoms with Gasteiger partial charge in [0.2, 0.25) is 0 Å². The largest absolute Gasteiger partial charge is 0.508 e. The first-order valence-corrected chi connectivity index (χ1v) is 5.89. The van der Waals surface area contributed by atoms with E-state index >= 15 is 0 Å². The molecule has 1 saturated carbocycles. The van der Waals surface area contributed by atoms with Gasteiger partial charge in [0, 0.05) is 11.6 Å². The fraction of sp³-hybridized carbons (Fsp3) is 0.385. The van der Waals surface area contributed by atoms with Crippen molar-refractivity contribution in [1.82, 2.24) is 5.32 Å². The van der Waals surface area contributed by atoms with Gasteiger partial charge >= 0.3 is 5.97 Å². The van der Waals surface area contributed by atoms with E-state index in [0.717, 1.165) is 0 Å². The van der Waals surface area contributed by atoms with Gasteiger partial charge in [-0.25, -0.2) is 0 Å². The minimum atomic E-state index is -0.795. The molecule has 0 heterocycles. The second-order valence-electron chi connectivity index (χ2n) is 4.57. The van der Waals surface area contributed by atoms with E-state index in [-0.39, 0.29) is 23.6 Å². The standard InChI is InChI=1S/C13H15NO4/c15-11-5-2-8(3-6-11)12(16)14-10-4-1-9(7-10)13(17)18/h2-3,5-6,9-10,15H,1,4,7H2,(H,14,16)(H,17,18)/t9-,10+/m1/s1. The van der Waals surface area contributed by atoms with E-state index in [0.29, 0.717) is 24.8 Å². The molecular formula is C13H15NO4. The summed E-state index contributed by atoms with van der Waals surface area (Å²) in [5, 5.41) is 20.8. The number of benzene rings is 1. The normalized spacial score (nSPS) is 22.7. The molecule has 0 radical (unpaired) electrons. The quantitative estimate of drug-likeness (QED) is 0.755. The lowest BCUT2D eigenvalue weighted by molar-refractivity contribution is -0.141. The highest BCUT2D eigenvalue weighted by Crippen LogP contribution is 2.25. The van der Waals surface area contributed by atoms with Gasteiger partial charge in [0.25, 0.3) is 5.91 Å². The Morgan fingerprint density at radius 2 is 1.83 bits per heavy atom. The Bertz CT molecular complexity index is 455. The van der Waals surface area contributed by atoms with Crippen LogP contribution in [-0.2, 0) is 4.79 Å². The highest BCUT2D eigenvalue weighted by molar-refractivity contribution is 5.94. The lowest BCUT2D eigenvalue weighted by Gasteiger charge is -2.12. The average molecular weight is 249 g/mol.